The largest absolute Gasteiger partial charge is 0.392 e. The van der Waals surface area contributed by atoms with Crippen LogP contribution in [-0.4, -0.2) is 32.4 Å². The smallest absolute Gasteiger partial charge is 0.0728 e. The number of aliphatic hydroxyl groups excluding tert-OH is 2. The summed E-state index contributed by atoms with van der Waals surface area (Å²) >= 11 is 0. The highest BCUT2D eigenvalue weighted by atomic mass is 16.3. The minimum Gasteiger partial charge on any atom is -0.392 e. The summed E-state index contributed by atoms with van der Waals surface area (Å²) in [5.41, 5.74) is 8.79. The van der Waals surface area contributed by atoms with Gasteiger partial charge in [-0.2, -0.15) is 0 Å². The summed E-state index contributed by atoms with van der Waals surface area (Å²) in [6, 6.07) is 0. The normalized spacial score (nSPS) is 28.0. The van der Waals surface area contributed by atoms with Crippen LogP contribution in [0.15, 0.2) is 0 Å². The number of hydrogen-bond acceptors (Lipinski definition) is 2. The molecular weight excluding hydrogens is 276 g/mol. The minimum atomic E-state index is -0.546. The predicted octanol–water partition coefficient (Wildman–Crippen LogP) is 2.80. The van der Waals surface area contributed by atoms with E-state index >= 15 is 0 Å². The van der Waals surface area contributed by atoms with E-state index in [0.717, 1.165) is 45.0 Å². The van der Waals surface area contributed by atoms with Crippen molar-refractivity contribution in [2.24, 2.45) is 0 Å². The highest BCUT2D eigenvalue weighted by Crippen LogP contribution is 2.51. The number of aromatic nitrogens is 2. The fraction of sp³-hybridized carbons (Fsp3) is 0.556. The number of nitrogens with one attached hydrogen (secondary N) is 2. The van der Waals surface area contributed by atoms with E-state index in [0.29, 0.717) is 0 Å². The Morgan fingerprint density at radius 3 is 1.14 bits per heavy atom. The Hall–Kier alpha value is -1.52. The second-order valence-electron chi connectivity index (χ2n) is 6.86. The van der Waals surface area contributed by atoms with E-state index in [1.54, 1.807) is 0 Å². The van der Waals surface area contributed by atoms with Crippen molar-refractivity contribution in [2.75, 3.05) is 0 Å². The number of hydrogen-bond donors (Lipinski definition) is 4. The molecule has 0 aromatic carbocycles. The van der Waals surface area contributed by atoms with Crippen LogP contribution in [-0.2, 0) is 0 Å². The van der Waals surface area contributed by atoms with Crippen molar-refractivity contribution in [3.63, 3.8) is 0 Å². The molecule has 4 nitrogen and oxygen atoms in total. The summed E-state index contributed by atoms with van der Waals surface area (Å²) < 4.78 is 0. The zero-order valence-corrected chi connectivity index (χ0v) is 14.2. The zero-order valence-electron chi connectivity index (χ0n) is 14.2. The van der Waals surface area contributed by atoms with Gasteiger partial charge in [0.25, 0.3) is 0 Å². The molecule has 0 saturated heterocycles. The van der Waals surface area contributed by atoms with E-state index in [4.69, 9.17) is 0 Å². The van der Waals surface area contributed by atoms with Crippen molar-refractivity contribution in [3.8, 4) is 0 Å². The highest BCUT2D eigenvalue weighted by Gasteiger charge is 2.52. The summed E-state index contributed by atoms with van der Waals surface area (Å²) in [7, 11) is 0. The lowest BCUT2D eigenvalue weighted by Gasteiger charge is -2.47. The molecule has 3 rings (SSSR count). The summed E-state index contributed by atoms with van der Waals surface area (Å²) in [5.74, 6) is -0.409. The van der Waals surface area contributed by atoms with Crippen molar-refractivity contribution >= 4 is 0 Å². The molecule has 0 unspecified atom stereocenters. The maximum atomic E-state index is 10.8. The molecule has 0 amide bonds. The van der Waals surface area contributed by atoms with E-state index < -0.39 is 12.2 Å². The van der Waals surface area contributed by atoms with Crippen LogP contribution in [0.5, 0.6) is 0 Å². The average molecular weight is 302 g/mol. The van der Waals surface area contributed by atoms with Gasteiger partial charge >= 0.3 is 0 Å². The van der Waals surface area contributed by atoms with Crippen LogP contribution in [0.25, 0.3) is 0 Å². The maximum absolute atomic E-state index is 10.8. The second kappa shape index (κ2) is 5.00. The topological polar surface area (TPSA) is 72.0 Å². The molecule has 0 spiro atoms. The van der Waals surface area contributed by atoms with Crippen LogP contribution in [0, 0.1) is 41.5 Å². The zero-order chi connectivity index (χ0) is 16.3. The van der Waals surface area contributed by atoms with E-state index in [2.05, 4.69) is 23.8 Å². The molecule has 1 aliphatic rings. The van der Waals surface area contributed by atoms with E-state index in [1.165, 1.54) is 0 Å². The van der Waals surface area contributed by atoms with E-state index in [9.17, 15) is 10.2 Å². The van der Waals surface area contributed by atoms with Gasteiger partial charge in [-0.3, -0.25) is 0 Å². The van der Waals surface area contributed by atoms with Crippen molar-refractivity contribution in [1.29, 1.82) is 0 Å². The molecular formula is C18H26N2O2. The SMILES string of the molecule is Cc1[nH]c(C)c(C2C(O)C(c3c(C)[nH]c(C)c3C)C2O)c1C. The van der Waals surface area contributed by atoms with Crippen molar-refractivity contribution < 1.29 is 10.2 Å². The first-order valence-electron chi connectivity index (χ1n) is 7.93. The first-order valence-corrected chi connectivity index (χ1v) is 7.93. The Labute approximate surface area is 131 Å². The highest BCUT2D eigenvalue weighted by molar-refractivity contribution is 5.47. The molecule has 4 N–H and O–H groups in total. The Morgan fingerprint density at radius 2 is 0.909 bits per heavy atom. The van der Waals surface area contributed by atoms with Crippen LogP contribution in [0.3, 0.4) is 0 Å². The van der Waals surface area contributed by atoms with Crippen LogP contribution in [0.4, 0.5) is 0 Å². The van der Waals surface area contributed by atoms with Gasteiger partial charge in [0.05, 0.1) is 12.2 Å². The molecule has 4 heteroatoms. The first kappa shape index (κ1) is 15.4. The number of rotatable bonds is 2. The average Bonchev–Trinajstić information content (AvgIpc) is 2.83. The van der Waals surface area contributed by atoms with Gasteiger partial charge in [-0.15, -0.1) is 0 Å². The summed E-state index contributed by atoms with van der Waals surface area (Å²) in [6.45, 7) is 12.2. The lowest BCUT2D eigenvalue weighted by molar-refractivity contribution is -0.0792. The quantitative estimate of drug-likeness (QED) is 0.689. The number of H-pyrrole nitrogens is 2. The third kappa shape index (κ3) is 1.90. The minimum absolute atomic E-state index is 0.205. The number of aryl methyl sites for hydroxylation is 4. The van der Waals surface area contributed by atoms with Gasteiger partial charge in [-0.25, -0.2) is 0 Å². The molecule has 120 valence electrons. The van der Waals surface area contributed by atoms with Gasteiger partial charge in [0.15, 0.2) is 0 Å². The third-order valence-electron chi connectivity index (χ3n) is 5.63. The monoisotopic (exact) mass is 302 g/mol. The standard InChI is InChI=1S/C18H26N2O2/c1-7-9(3)19-11(5)13(7)15-17(21)16(18(15)22)14-8(2)10(4)20-12(14)6/h15-22H,1-6H3. The third-order valence-corrected chi connectivity index (χ3v) is 5.63. The Bertz CT molecular complexity index is 656. The van der Waals surface area contributed by atoms with Crippen molar-refractivity contribution in [1.82, 2.24) is 9.97 Å². The van der Waals surface area contributed by atoms with Gasteiger partial charge < -0.3 is 20.2 Å². The molecule has 2 aromatic rings. The van der Waals surface area contributed by atoms with Crippen molar-refractivity contribution in [2.45, 2.75) is 65.6 Å². The maximum Gasteiger partial charge on any atom is 0.0728 e. The predicted molar refractivity (Wildman–Crippen MR) is 87.5 cm³/mol. The number of aromatic amines is 2. The van der Waals surface area contributed by atoms with Crippen LogP contribution < -0.4 is 0 Å². The first-order chi connectivity index (χ1) is 10.3. The van der Waals surface area contributed by atoms with Gasteiger partial charge in [-0.1, -0.05) is 0 Å². The number of aliphatic hydroxyl groups is 2. The van der Waals surface area contributed by atoms with Gasteiger partial charge in [-0.05, 0) is 63.8 Å². The lowest BCUT2D eigenvalue weighted by atomic mass is 9.62. The summed E-state index contributed by atoms with van der Waals surface area (Å²) in [5, 5.41) is 21.5. The van der Waals surface area contributed by atoms with Crippen molar-refractivity contribution in [3.05, 3.63) is 45.0 Å². The molecule has 1 aliphatic carbocycles. The lowest BCUT2D eigenvalue weighted by Crippen LogP contribution is -2.52. The molecule has 2 aromatic heterocycles. The van der Waals surface area contributed by atoms with Gasteiger partial charge in [0.2, 0.25) is 0 Å². The van der Waals surface area contributed by atoms with Gasteiger partial charge in [0, 0.05) is 34.6 Å². The van der Waals surface area contributed by atoms with E-state index in [1.807, 2.05) is 27.7 Å². The second-order valence-corrected chi connectivity index (χ2v) is 6.86. The van der Waals surface area contributed by atoms with Crippen LogP contribution in [0.2, 0.25) is 0 Å². The Morgan fingerprint density at radius 1 is 0.591 bits per heavy atom. The fourth-order valence-electron chi connectivity index (χ4n) is 4.24. The summed E-state index contributed by atoms with van der Waals surface area (Å²) in [6.07, 6.45) is -1.09. The molecule has 22 heavy (non-hydrogen) atoms. The Kier molecular flexibility index (Phi) is 3.49. The molecule has 1 saturated carbocycles. The molecule has 0 aliphatic heterocycles. The summed E-state index contributed by atoms with van der Waals surface area (Å²) in [4.78, 5) is 6.64. The Balaban J connectivity index is 1.98. The molecule has 0 bridgehead atoms. The van der Waals surface area contributed by atoms with Crippen LogP contribution in [0.1, 0.15) is 56.9 Å². The van der Waals surface area contributed by atoms with Crippen LogP contribution >= 0.6 is 0 Å². The fourth-order valence-corrected chi connectivity index (χ4v) is 4.24. The molecule has 2 heterocycles. The molecule has 0 atom stereocenters. The molecule has 1 fully saturated rings. The van der Waals surface area contributed by atoms with Gasteiger partial charge in [0.1, 0.15) is 0 Å². The van der Waals surface area contributed by atoms with E-state index in [-0.39, 0.29) is 11.8 Å². The molecule has 0 radical (unpaired) electrons.